The van der Waals surface area contributed by atoms with Crippen molar-refractivity contribution in [1.29, 1.82) is 0 Å². The molecule has 6 nitrogen and oxygen atoms in total. The maximum absolute atomic E-state index is 13.2. The molecule has 6 heteroatoms. The van der Waals surface area contributed by atoms with Gasteiger partial charge < -0.3 is 19.3 Å². The first-order chi connectivity index (χ1) is 15.7. The van der Waals surface area contributed by atoms with Crippen LogP contribution in [0.2, 0.25) is 0 Å². The standard InChI is InChI=1S/C26H35N3O3/c1-31-22-10-11-25(32-2)23(19-22)24-9-6-13-29(24)26(30)20-28-17-15-27(16-18-28)14-12-21-7-4-3-5-8-21/h3-5,7-8,10-11,19,24H,6,9,12-18,20H2,1-2H3. The molecule has 2 heterocycles. The van der Waals surface area contributed by atoms with Gasteiger partial charge in [0.25, 0.3) is 0 Å². The summed E-state index contributed by atoms with van der Waals surface area (Å²) in [5.41, 5.74) is 2.43. The lowest BCUT2D eigenvalue weighted by Crippen LogP contribution is -2.50. The molecule has 1 amide bonds. The highest BCUT2D eigenvalue weighted by Gasteiger charge is 2.33. The summed E-state index contributed by atoms with van der Waals surface area (Å²) in [6.45, 7) is 6.31. The highest BCUT2D eigenvalue weighted by Crippen LogP contribution is 2.39. The maximum Gasteiger partial charge on any atom is 0.237 e. The first-order valence-electron chi connectivity index (χ1n) is 11.7. The molecule has 172 valence electrons. The van der Waals surface area contributed by atoms with E-state index in [-0.39, 0.29) is 11.9 Å². The number of carbonyl (C=O) groups is 1. The Morgan fingerprint density at radius 3 is 2.41 bits per heavy atom. The van der Waals surface area contributed by atoms with Crippen LogP contribution < -0.4 is 9.47 Å². The van der Waals surface area contributed by atoms with Crippen molar-refractivity contribution in [3.05, 3.63) is 59.7 Å². The van der Waals surface area contributed by atoms with Crippen molar-refractivity contribution in [2.75, 3.05) is 60.0 Å². The van der Waals surface area contributed by atoms with Gasteiger partial charge in [-0.3, -0.25) is 9.69 Å². The van der Waals surface area contributed by atoms with Crippen molar-refractivity contribution >= 4 is 5.91 Å². The van der Waals surface area contributed by atoms with Crippen LogP contribution in [0.5, 0.6) is 11.5 Å². The molecule has 0 N–H and O–H groups in total. The molecule has 1 unspecified atom stereocenters. The van der Waals surface area contributed by atoms with Crippen LogP contribution in [0.1, 0.15) is 30.0 Å². The minimum atomic E-state index is 0.0553. The second-order valence-corrected chi connectivity index (χ2v) is 8.71. The van der Waals surface area contributed by atoms with E-state index < -0.39 is 0 Å². The van der Waals surface area contributed by atoms with E-state index in [1.165, 1.54) is 5.56 Å². The van der Waals surface area contributed by atoms with E-state index in [1.807, 2.05) is 23.1 Å². The van der Waals surface area contributed by atoms with Crippen LogP contribution in [0, 0.1) is 0 Å². The van der Waals surface area contributed by atoms with E-state index >= 15 is 0 Å². The molecular formula is C26H35N3O3. The molecular weight excluding hydrogens is 402 g/mol. The molecule has 0 spiro atoms. The predicted molar refractivity (Wildman–Crippen MR) is 126 cm³/mol. The van der Waals surface area contributed by atoms with Crippen LogP contribution in [0.25, 0.3) is 0 Å². The zero-order valence-corrected chi connectivity index (χ0v) is 19.3. The summed E-state index contributed by atoms with van der Waals surface area (Å²) in [4.78, 5) is 20.1. The number of carbonyl (C=O) groups excluding carboxylic acids is 1. The van der Waals surface area contributed by atoms with Gasteiger partial charge in [0.15, 0.2) is 0 Å². The Balaban J connectivity index is 1.30. The third-order valence-electron chi connectivity index (χ3n) is 6.75. The summed E-state index contributed by atoms with van der Waals surface area (Å²) < 4.78 is 11.0. The first kappa shape index (κ1) is 22.6. The third kappa shape index (κ3) is 5.43. The summed E-state index contributed by atoms with van der Waals surface area (Å²) in [6, 6.07) is 16.6. The number of likely N-dealkylation sites (tertiary alicyclic amines) is 1. The maximum atomic E-state index is 13.2. The van der Waals surface area contributed by atoms with E-state index in [1.54, 1.807) is 14.2 Å². The Morgan fingerprint density at radius 2 is 1.69 bits per heavy atom. The van der Waals surface area contributed by atoms with Crippen molar-refractivity contribution in [3.8, 4) is 11.5 Å². The first-order valence-corrected chi connectivity index (χ1v) is 11.7. The van der Waals surface area contributed by atoms with Gasteiger partial charge in [0.1, 0.15) is 11.5 Å². The van der Waals surface area contributed by atoms with Gasteiger partial charge in [-0.2, -0.15) is 0 Å². The van der Waals surface area contributed by atoms with E-state index in [9.17, 15) is 4.79 Å². The molecule has 2 saturated heterocycles. The molecule has 2 fully saturated rings. The fourth-order valence-corrected chi connectivity index (χ4v) is 4.87. The molecule has 4 rings (SSSR count). The molecule has 2 aromatic carbocycles. The van der Waals surface area contributed by atoms with Gasteiger partial charge >= 0.3 is 0 Å². The lowest BCUT2D eigenvalue weighted by Gasteiger charge is -2.36. The molecule has 32 heavy (non-hydrogen) atoms. The van der Waals surface area contributed by atoms with Crippen LogP contribution >= 0.6 is 0 Å². The van der Waals surface area contributed by atoms with Crippen molar-refractivity contribution < 1.29 is 14.3 Å². The van der Waals surface area contributed by atoms with Gasteiger partial charge in [-0.25, -0.2) is 0 Å². The van der Waals surface area contributed by atoms with Crippen molar-refractivity contribution in [2.24, 2.45) is 0 Å². The van der Waals surface area contributed by atoms with Crippen molar-refractivity contribution in [1.82, 2.24) is 14.7 Å². The fraction of sp³-hybridized carbons (Fsp3) is 0.500. The van der Waals surface area contributed by atoms with Gasteiger partial charge in [-0.15, -0.1) is 0 Å². The smallest absolute Gasteiger partial charge is 0.237 e. The number of ether oxygens (including phenoxy) is 2. The zero-order chi connectivity index (χ0) is 22.3. The molecule has 0 radical (unpaired) electrons. The van der Waals surface area contributed by atoms with Gasteiger partial charge in [-0.1, -0.05) is 30.3 Å². The number of methoxy groups -OCH3 is 2. The Bertz CT molecular complexity index is 881. The summed E-state index contributed by atoms with van der Waals surface area (Å²) >= 11 is 0. The molecule has 2 aromatic rings. The van der Waals surface area contributed by atoms with Crippen LogP contribution in [0.15, 0.2) is 48.5 Å². The SMILES string of the molecule is COc1ccc(OC)c(C2CCCN2C(=O)CN2CCN(CCc3ccccc3)CC2)c1. The molecule has 2 aliphatic rings. The number of nitrogens with zero attached hydrogens (tertiary/aromatic N) is 3. The van der Waals surface area contributed by atoms with E-state index in [4.69, 9.17) is 9.47 Å². The highest BCUT2D eigenvalue weighted by molar-refractivity contribution is 5.79. The normalized spacial score (nSPS) is 19.8. The molecule has 0 aromatic heterocycles. The van der Waals surface area contributed by atoms with Crippen molar-refractivity contribution in [2.45, 2.75) is 25.3 Å². The Labute approximate surface area is 191 Å². The van der Waals surface area contributed by atoms with Crippen molar-refractivity contribution in [3.63, 3.8) is 0 Å². The Hall–Kier alpha value is -2.57. The quantitative estimate of drug-likeness (QED) is 0.635. The average Bonchev–Trinajstić information content (AvgIpc) is 3.34. The van der Waals surface area contributed by atoms with Gasteiger partial charge in [0.05, 0.1) is 26.8 Å². The Kier molecular flexibility index (Phi) is 7.66. The van der Waals surface area contributed by atoms with Gasteiger partial charge in [0.2, 0.25) is 5.91 Å². The summed E-state index contributed by atoms with van der Waals surface area (Å²) in [5.74, 6) is 1.84. The van der Waals surface area contributed by atoms with Crippen LogP contribution in [-0.2, 0) is 11.2 Å². The fourth-order valence-electron chi connectivity index (χ4n) is 4.87. The second kappa shape index (κ2) is 10.8. The van der Waals surface area contributed by atoms with E-state index in [2.05, 4.69) is 40.1 Å². The molecule has 2 aliphatic heterocycles. The zero-order valence-electron chi connectivity index (χ0n) is 19.3. The summed E-state index contributed by atoms with van der Waals surface area (Å²) in [6.07, 6.45) is 3.06. The highest BCUT2D eigenvalue weighted by atomic mass is 16.5. The molecule has 0 bridgehead atoms. The summed E-state index contributed by atoms with van der Waals surface area (Å²) in [5, 5.41) is 0. The minimum absolute atomic E-state index is 0.0553. The predicted octanol–water partition coefficient (Wildman–Crippen LogP) is 3.23. The number of benzene rings is 2. The second-order valence-electron chi connectivity index (χ2n) is 8.71. The number of amides is 1. The van der Waals surface area contributed by atoms with Crippen LogP contribution in [-0.4, -0.2) is 80.6 Å². The molecule has 1 atom stereocenters. The Morgan fingerprint density at radius 1 is 0.938 bits per heavy atom. The van der Waals surface area contributed by atoms with Gasteiger partial charge in [-0.05, 0) is 43.0 Å². The van der Waals surface area contributed by atoms with E-state index in [0.29, 0.717) is 6.54 Å². The lowest BCUT2D eigenvalue weighted by atomic mass is 10.0. The monoisotopic (exact) mass is 437 g/mol. The third-order valence-corrected chi connectivity index (χ3v) is 6.75. The largest absolute Gasteiger partial charge is 0.497 e. The molecule has 0 saturated carbocycles. The topological polar surface area (TPSA) is 45.3 Å². The number of piperazine rings is 1. The number of rotatable bonds is 8. The van der Waals surface area contributed by atoms with Crippen LogP contribution in [0.3, 0.4) is 0 Å². The van der Waals surface area contributed by atoms with Gasteiger partial charge in [0, 0.05) is 44.8 Å². The number of hydrogen-bond acceptors (Lipinski definition) is 5. The lowest BCUT2D eigenvalue weighted by molar-refractivity contribution is -0.133. The van der Waals surface area contributed by atoms with Crippen LogP contribution in [0.4, 0.5) is 0 Å². The number of hydrogen-bond donors (Lipinski definition) is 0. The van der Waals surface area contributed by atoms with E-state index in [0.717, 1.165) is 75.6 Å². The summed E-state index contributed by atoms with van der Waals surface area (Å²) in [7, 11) is 3.35. The average molecular weight is 438 g/mol. The molecule has 0 aliphatic carbocycles. The minimum Gasteiger partial charge on any atom is -0.497 e.